The Labute approximate surface area is 104 Å². The monoisotopic (exact) mass is 251 g/mol. The first kappa shape index (κ1) is 11.5. The molecule has 1 heterocycles. The van der Waals surface area contributed by atoms with E-state index in [-0.39, 0.29) is 23.7 Å². The molecular weight excluding hydrogens is 234 g/mol. The van der Waals surface area contributed by atoms with Gasteiger partial charge in [0, 0.05) is 0 Å². The Balaban J connectivity index is 1.63. The van der Waals surface area contributed by atoms with Crippen molar-refractivity contribution in [1.29, 1.82) is 0 Å². The number of aromatic nitrogens is 3. The van der Waals surface area contributed by atoms with E-state index >= 15 is 0 Å². The van der Waals surface area contributed by atoms with Gasteiger partial charge in [-0.15, -0.1) is 0 Å². The third-order valence-corrected chi connectivity index (χ3v) is 4.51. The van der Waals surface area contributed by atoms with Gasteiger partial charge in [0.25, 0.3) is 0 Å². The number of rotatable bonds is 3. The van der Waals surface area contributed by atoms with Crippen LogP contribution in [0.4, 0.5) is 0 Å². The largest absolute Gasteiger partial charge is 0.457 e. The van der Waals surface area contributed by atoms with Crippen LogP contribution in [-0.2, 0) is 16.1 Å². The van der Waals surface area contributed by atoms with E-state index < -0.39 is 0 Å². The number of hydrogen-bond acceptors (Lipinski definition) is 4. The van der Waals surface area contributed by atoms with Crippen LogP contribution >= 0.6 is 0 Å². The molecule has 2 fully saturated rings. The maximum Gasteiger partial charge on any atom is 0.340 e. The molecule has 2 aliphatic carbocycles. The van der Waals surface area contributed by atoms with Crippen LogP contribution in [0.25, 0.3) is 0 Å². The Bertz CT molecular complexity index is 521. The number of H-pyrrole nitrogens is 2. The molecule has 6 nitrogen and oxygen atoms in total. The van der Waals surface area contributed by atoms with Crippen molar-refractivity contribution in [3.05, 3.63) is 16.3 Å². The van der Waals surface area contributed by atoms with E-state index in [9.17, 15) is 9.59 Å². The minimum Gasteiger partial charge on any atom is -0.457 e. The lowest BCUT2D eigenvalue weighted by atomic mass is 9.75. The first-order valence-corrected chi connectivity index (χ1v) is 6.39. The zero-order valence-electron chi connectivity index (χ0n) is 10.4. The van der Waals surface area contributed by atoms with Crippen LogP contribution in [0.3, 0.4) is 0 Å². The molecule has 0 radical (unpaired) electrons. The highest BCUT2D eigenvalue weighted by Gasteiger charge is 2.53. The summed E-state index contributed by atoms with van der Waals surface area (Å²) < 4.78 is 5.29. The lowest BCUT2D eigenvalue weighted by molar-refractivity contribution is -0.159. The molecule has 18 heavy (non-hydrogen) atoms. The summed E-state index contributed by atoms with van der Waals surface area (Å²) in [6, 6.07) is 0. The number of fused-ring (bicyclic) bond motifs is 2. The van der Waals surface area contributed by atoms with E-state index in [2.05, 4.69) is 15.2 Å². The first-order valence-electron chi connectivity index (χ1n) is 6.39. The lowest BCUT2D eigenvalue weighted by Gasteiger charge is -2.31. The van der Waals surface area contributed by atoms with Gasteiger partial charge in [0.15, 0.2) is 12.4 Å². The van der Waals surface area contributed by atoms with Gasteiger partial charge in [-0.3, -0.25) is 9.78 Å². The molecule has 2 N–H and O–H groups in total. The van der Waals surface area contributed by atoms with E-state index in [0.717, 1.165) is 19.3 Å². The number of hydrogen-bond donors (Lipinski definition) is 2. The molecule has 98 valence electrons. The van der Waals surface area contributed by atoms with Gasteiger partial charge in [0.1, 0.15) is 0 Å². The molecule has 0 amide bonds. The maximum atomic E-state index is 12.2. The lowest BCUT2D eigenvalue weighted by Crippen LogP contribution is -2.35. The Morgan fingerprint density at radius 1 is 1.56 bits per heavy atom. The molecular formula is C12H17N3O3. The van der Waals surface area contributed by atoms with E-state index in [1.165, 1.54) is 6.42 Å². The van der Waals surface area contributed by atoms with Crippen LogP contribution in [0.2, 0.25) is 0 Å². The zero-order valence-corrected chi connectivity index (χ0v) is 10.4. The number of carbonyl (C=O) groups is 1. The molecule has 2 saturated carbocycles. The number of esters is 1. The van der Waals surface area contributed by atoms with Crippen LogP contribution in [-0.4, -0.2) is 21.2 Å². The fraction of sp³-hybridized carbons (Fsp3) is 0.750. The summed E-state index contributed by atoms with van der Waals surface area (Å²) in [4.78, 5) is 25.5. The predicted octanol–water partition coefficient (Wildman–Crippen LogP) is 0.967. The van der Waals surface area contributed by atoms with E-state index in [0.29, 0.717) is 17.7 Å². The summed E-state index contributed by atoms with van der Waals surface area (Å²) in [7, 11) is 0. The highest BCUT2D eigenvalue weighted by molar-refractivity contribution is 5.77. The van der Waals surface area contributed by atoms with Crippen molar-refractivity contribution in [2.24, 2.45) is 17.3 Å². The second-order valence-electron chi connectivity index (χ2n) is 5.70. The van der Waals surface area contributed by atoms with Gasteiger partial charge in [-0.25, -0.2) is 9.89 Å². The minimum absolute atomic E-state index is 0.0323. The van der Waals surface area contributed by atoms with Gasteiger partial charge in [-0.1, -0.05) is 6.42 Å². The van der Waals surface area contributed by atoms with Crippen LogP contribution in [0.5, 0.6) is 0 Å². The van der Waals surface area contributed by atoms with Crippen LogP contribution in [0.15, 0.2) is 4.79 Å². The summed E-state index contributed by atoms with van der Waals surface area (Å²) in [5.41, 5.74) is -0.716. The van der Waals surface area contributed by atoms with Gasteiger partial charge in [-0.05, 0) is 38.0 Å². The SMILES string of the molecule is CC1(C(=O)OCc2n[nH]c(=O)[nH]2)CC2CCC1C2. The van der Waals surface area contributed by atoms with Crippen LogP contribution < -0.4 is 5.69 Å². The average molecular weight is 251 g/mol. The first-order chi connectivity index (χ1) is 8.58. The number of nitrogens with one attached hydrogen (secondary N) is 2. The highest BCUT2D eigenvalue weighted by Crippen LogP contribution is 2.56. The smallest absolute Gasteiger partial charge is 0.340 e. The van der Waals surface area contributed by atoms with Crippen LogP contribution in [0, 0.1) is 17.3 Å². The predicted molar refractivity (Wildman–Crippen MR) is 62.6 cm³/mol. The number of aromatic amines is 2. The van der Waals surface area contributed by atoms with Gasteiger partial charge in [0.05, 0.1) is 5.41 Å². The van der Waals surface area contributed by atoms with Gasteiger partial charge >= 0.3 is 11.7 Å². The summed E-state index contributed by atoms with van der Waals surface area (Å²) in [5, 5.41) is 5.96. The summed E-state index contributed by atoms with van der Waals surface area (Å²) in [6.45, 7) is 2.04. The molecule has 0 aliphatic heterocycles. The van der Waals surface area contributed by atoms with Crippen LogP contribution in [0.1, 0.15) is 38.4 Å². The van der Waals surface area contributed by atoms with Gasteiger partial charge in [0.2, 0.25) is 0 Å². The van der Waals surface area contributed by atoms with Crippen molar-refractivity contribution in [1.82, 2.24) is 15.2 Å². The third kappa shape index (κ3) is 1.76. The number of nitrogens with zero attached hydrogens (tertiary/aromatic N) is 1. The second kappa shape index (κ2) is 3.96. The zero-order chi connectivity index (χ0) is 12.8. The molecule has 3 rings (SSSR count). The molecule has 0 saturated heterocycles. The summed E-state index contributed by atoms with van der Waals surface area (Å²) in [5.74, 6) is 1.37. The molecule has 1 aromatic heterocycles. The third-order valence-electron chi connectivity index (χ3n) is 4.51. The van der Waals surface area contributed by atoms with Crippen molar-refractivity contribution in [2.75, 3.05) is 0 Å². The molecule has 2 aliphatic rings. The van der Waals surface area contributed by atoms with Gasteiger partial charge < -0.3 is 4.74 Å². The maximum absolute atomic E-state index is 12.2. The molecule has 0 spiro atoms. The summed E-state index contributed by atoms with van der Waals surface area (Å²) >= 11 is 0. The molecule has 0 aromatic carbocycles. The van der Waals surface area contributed by atoms with E-state index in [4.69, 9.17) is 4.74 Å². The molecule has 3 atom stereocenters. The Kier molecular flexibility index (Phi) is 2.53. The quantitative estimate of drug-likeness (QED) is 0.783. The van der Waals surface area contributed by atoms with Crippen molar-refractivity contribution in [3.8, 4) is 0 Å². The number of ether oxygens (including phenoxy) is 1. The molecule has 3 unspecified atom stereocenters. The standard InChI is InChI=1S/C12H17N3O3/c1-12(5-7-2-3-8(12)4-7)10(16)18-6-9-13-11(17)15-14-9/h7-8H,2-6H2,1H3,(H2,13,14,15,17). The van der Waals surface area contributed by atoms with Crippen molar-refractivity contribution < 1.29 is 9.53 Å². The van der Waals surface area contributed by atoms with E-state index in [1.807, 2.05) is 6.92 Å². The Hall–Kier alpha value is -1.59. The molecule has 2 bridgehead atoms. The molecule has 1 aromatic rings. The minimum atomic E-state index is -0.382. The van der Waals surface area contributed by atoms with Gasteiger partial charge in [-0.2, -0.15) is 5.10 Å². The Morgan fingerprint density at radius 2 is 2.39 bits per heavy atom. The van der Waals surface area contributed by atoms with Crippen molar-refractivity contribution in [3.63, 3.8) is 0 Å². The Morgan fingerprint density at radius 3 is 2.94 bits per heavy atom. The fourth-order valence-corrected chi connectivity index (χ4v) is 3.53. The van der Waals surface area contributed by atoms with Crippen molar-refractivity contribution in [2.45, 2.75) is 39.2 Å². The highest BCUT2D eigenvalue weighted by atomic mass is 16.5. The normalized spacial score (nSPS) is 33.8. The second-order valence-corrected chi connectivity index (χ2v) is 5.70. The average Bonchev–Trinajstić information content (AvgIpc) is 3.01. The molecule has 6 heteroatoms. The van der Waals surface area contributed by atoms with E-state index in [1.54, 1.807) is 0 Å². The van der Waals surface area contributed by atoms with Crippen molar-refractivity contribution >= 4 is 5.97 Å². The fourth-order valence-electron chi connectivity index (χ4n) is 3.53. The summed E-state index contributed by atoms with van der Waals surface area (Å²) in [6.07, 6.45) is 4.48. The topological polar surface area (TPSA) is 87.8 Å². The number of carbonyl (C=O) groups excluding carboxylic acids is 1.